The summed E-state index contributed by atoms with van der Waals surface area (Å²) < 4.78 is 5.83. The van der Waals surface area contributed by atoms with Crippen molar-refractivity contribution >= 4 is 0 Å². The zero-order valence-electron chi connectivity index (χ0n) is 10.7. The van der Waals surface area contributed by atoms with Crippen molar-refractivity contribution in [3.05, 3.63) is 54.6 Å². The second-order valence-electron chi connectivity index (χ2n) is 4.77. The van der Waals surface area contributed by atoms with Gasteiger partial charge in [-0.3, -0.25) is 9.97 Å². The van der Waals surface area contributed by atoms with Gasteiger partial charge in [0.05, 0.1) is 6.61 Å². The summed E-state index contributed by atoms with van der Waals surface area (Å²) in [6.45, 7) is 2.66. The average Bonchev–Trinajstić information content (AvgIpc) is 2.95. The van der Waals surface area contributed by atoms with Crippen molar-refractivity contribution in [3.8, 4) is 5.75 Å². The largest absolute Gasteiger partial charge is 0.493 e. The summed E-state index contributed by atoms with van der Waals surface area (Å²) in [5.41, 5.74) is 1.15. The molecule has 0 saturated carbocycles. The molecule has 98 valence electrons. The topological polar surface area (TPSA) is 47.0 Å². The van der Waals surface area contributed by atoms with E-state index in [-0.39, 0.29) is 0 Å². The van der Waals surface area contributed by atoms with E-state index in [0.717, 1.165) is 24.5 Å². The number of hydrogen-bond donors (Lipinski definition) is 1. The third-order valence-corrected chi connectivity index (χ3v) is 3.52. The minimum absolute atomic E-state index is 0.433. The van der Waals surface area contributed by atoms with Crippen LogP contribution in [0.25, 0.3) is 0 Å². The Bertz CT molecular complexity index is 503. The van der Waals surface area contributed by atoms with Crippen LogP contribution in [0.1, 0.15) is 11.6 Å². The predicted molar refractivity (Wildman–Crippen MR) is 73.1 cm³/mol. The van der Waals surface area contributed by atoms with Crippen LogP contribution in [-0.2, 0) is 0 Å². The van der Waals surface area contributed by atoms with Crippen LogP contribution >= 0.6 is 0 Å². The molecule has 3 heterocycles. The number of aromatic nitrogens is 2. The van der Waals surface area contributed by atoms with Gasteiger partial charge in [0.2, 0.25) is 0 Å². The molecule has 2 atom stereocenters. The fraction of sp³-hybridized carbons (Fsp3) is 0.333. The van der Waals surface area contributed by atoms with Crippen molar-refractivity contribution in [3.63, 3.8) is 0 Å². The third kappa shape index (κ3) is 2.90. The molecule has 0 aliphatic carbocycles. The van der Waals surface area contributed by atoms with E-state index in [1.807, 2.05) is 30.5 Å². The maximum atomic E-state index is 5.83. The predicted octanol–water partition coefficient (Wildman–Crippen LogP) is 1.86. The van der Waals surface area contributed by atoms with E-state index in [2.05, 4.69) is 21.4 Å². The molecule has 0 amide bonds. The number of nitrogens with one attached hydrogen (secondary N) is 1. The molecule has 0 bridgehead atoms. The van der Waals surface area contributed by atoms with E-state index in [0.29, 0.717) is 18.4 Å². The molecule has 0 spiro atoms. The van der Waals surface area contributed by atoms with Crippen LogP contribution < -0.4 is 10.1 Å². The normalized spacial score (nSPS) is 22.3. The average molecular weight is 255 g/mol. The second kappa shape index (κ2) is 5.80. The highest BCUT2D eigenvalue weighted by molar-refractivity contribution is 5.18. The fourth-order valence-electron chi connectivity index (χ4n) is 2.49. The monoisotopic (exact) mass is 255 g/mol. The van der Waals surface area contributed by atoms with E-state index >= 15 is 0 Å². The van der Waals surface area contributed by atoms with Gasteiger partial charge in [0.25, 0.3) is 0 Å². The lowest BCUT2D eigenvalue weighted by Crippen LogP contribution is -2.20. The molecule has 0 radical (unpaired) electrons. The Morgan fingerprint density at radius 2 is 2.00 bits per heavy atom. The zero-order valence-corrected chi connectivity index (χ0v) is 10.7. The molecule has 1 aliphatic rings. The van der Waals surface area contributed by atoms with Crippen molar-refractivity contribution in [1.29, 1.82) is 0 Å². The lowest BCUT2D eigenvalue weighted by Gasteiger charge is -2.18. The number of nitrogens with zero attached hydrogens (tertiary/aromatic N) is 2. The summed E-state index contributed by atoms with van der Waals surface area (Å²) >= 11 is 0. The molecule has 0 aromatic carbocycles. The van der Waals surface area contributed by atoms with Gasteiger partial charge in [-0.2, -0.15) is 0 Å². The first-order chi connectivity index (χ1) is 9.43. The van der Waals surface area contributed by atoms with Gasteiger partial charge in [-0.1, -0.05) is 6.07 Å². The molecular weight excluding hydrogens is 238 g/mol. The Labute approximate surface area is 112 Å². The Balaban J connectivity index is 1.64. The summed E-state index contributed by atoms with van der Waals surface area (Å²) in [7, 11) is 0. The van der Waals surface area contributed by atoms with Gasteiger partial charge in [0.1, 0.15) is 5.75 Å². The quantitative estimate of drug-likeness (QED) is 0.906. The van der Waals surface area contributed by atoms with Crippen molar-refractivity contribution in [1.82, 2.24) is 15.3 Å². The number of hydrogen-bond acceptors (Lipinski definition) is 4. The van der Waals surface area contributed by atoms with Crippen LogP contribution in [0.4, 0.5) is 0 Å². The lowest BCUT2D eigenvalue weighted by molar-refractivity contribution is 0.247. The molecule has 2 aromatic heterocycles. The summed E-state index contributed by atoms with van der Waals surface area (Å²) in [4.78, 5) is 8.45. The number of ether oxygens (including phenoxy) is 1. The maximum absolute atomic E-state index is 5.83. The Hall–Kier alpha value is -1.94. The molecule has 2 aromatic rings. The zero-order chi connectivity index (χ0) is 12.9. The Morgan fingerprint density at radius 3 is 2.79 bits per heavy atom. The van der Waals surface area contributed by atoms with Gasteiger partial charge in [-0.25, -0.2) is 0 Å². The van der Waals surface area contributed by atoms with Crippen LogP contribution in [-0.4, -0.2) is 29.7 Å². The van der Waals surface area contributed by atoms with Crippen LogP contribution in [0.5, 0.6) is 5.75 Å². The Morgan fingerprint density at radius 1 is 1.11 bits per heavy atom. The molecule has 19 heavy (non-hydrogen) atoms. The van der Waals surface area contributed by atoms with Crippen LogP contribution in [0, 0.1) is 5.92 Å². The van der Waals surface area contributed by atoms with Gasteiger partial charge in [-0.15, -0.1) is 0 Å². The van der Waals surface area contributed by atoms with E-state index in [1.54, 1.807) is 12.4 Å². The van der Waals surface area contributed by atoms with E-state index in [1.165, 1.54) is 0 Å². The molecule has 1 aliphatic heterocycles. The SMILES string of the molecule is c1ccc([C@@H]2CNC[C@@H]2COc2ccncc2)nc1. The maximum Gasteiger partial charge on any atom is 0.122 e. The van der Waals surface area contributed by atoms with Crippen LogP contribution in [0.3, 0.4) is 0 Å². The standard InChI is InChI=1S/C15H17N3O/c1-2-6-18-15(3-1)14-10-17-9-12(14)11-19-13-4-7-16-8-5-13/h1-8,12,14,17H,9-11H2/t12-,14-/m1/s1. The van der Waals surface area contributed by atoms with Crippen molar-refractivity contribution in [2.24, 2.45) is 5.92 Å². The van der Waals surface area contributed by atoms with Gasteiger partial charge >= 0.3 is 0 Å². The molecule has 4 nitrogen and oxygen atoms in total. The highest BCUT2D eigenvalue weighted by atomic mass is 16.5. The number of pyridine rings is 2. The van der Waals surface area contributed by atoms with Gasteiger partial charge < -0.3 is 10.1 Å². The minimum atomic E-state index is 0.433. The first kappa shape index (κ1) is 12.1. The molecule has 3 rings (SSSR count). The highest BCUT2D eigenvalue weighted by Crippen LogP contribution is 2.27. The summed E-state index contributed by atoms with van der Waals surface area (Å²) in [6.07, 6.45) is 5.35. The van der Waals surface area contributed by atoms with Crippen molar-refractivity contribution in [2.45, 2.75) is 5.92 Å². The summed E-state index contributed by atoms with van der Waals surface area (Å²) in [5.74, 6) is 1.77. The van der Waals surface area contributed by atoms with Crippen molar-refractivity contribution in [2.75, 3.05) is 19.7 Å². The fourth-order valence-corrected chi connectivity index (χ4v) is 2.49. The van der Waals surface area contributed by atoms with E-state index in [9.17, 15) is 0 Å². The second-order valence-corrected chi connectivity index (χ2v) is 4.77. The molecule has 1 saturated heterocycles. The van der Waals surface area contributed by atoms with Crippen LogP contribution in [0.15, 0.2) is 48.9 Å². The molecule has 1 N–H and O–H groups in total. The van der Waals surface area contributed by atoms with E-state index < -0.39 is 0 Å². The number of rotatable bonds is 4. The van der Waals surface area contributed by atoms with Gasteiger partial charge in [0.15, 0.2) is 0 Å². The van der Waals surface area contributed by atoms with Gasteiger partial charge in [-0.05, 0) is 24.3 Å². The summed E-state index contributed by atoms with van der Waals surface area (Å²) in [5, 5.41) is 3.42. The molecule has 1 fully saturated rings. The van der Waals surface area contributed by atoms with Gasteiger partial charge in [0, 0.05) is 49.2 Å². The molecule has 0 unspecified atom stereocenters. The molecular formula is C15H17N3O. The smallest absolute Gasteiger partial charge is 0.122 e. The lowest BCUT2D eigenvalue weighted by atomic mass is 9.93. The van der Waals surface area contributed by atoms with Crippen LogP contribution in [0.2, 0.25) is 0 Å². The first-order valence-corrected chi connectivity index (χ1v) is 6.58. The first-order valence-electron chi connectivity index (χ1n) is 6.58. The van der Waals surface area contributed by atoms with Crippen molar-refractivity contribution < 1.29 is 4.74 Å². The third-order valence-electron chi connectivity index (χ3n) is 3.52. The summed E-state index contributed by atoms with van der Waals surface area (Å²) in [6, 6.07) is 9.86. The Kier molecular flexibility index (Phi) is 3.70. The highest BCUT2D eigenvalue weighted by Gasteiger charge is 2.29. The van der Waals surface area contributed by atoms with E-state index in [4.69, 9.17) is 4.74 Å². The molecule has 4 heteroatoms. The minimum Gasteiger partial charge on any atom is -0.493 e.